The van der Waals surface area contributed by atoms with E-state index >= 15 is 0 Å². The fourth-order valence-corrected chi connectivity index (χ4v) is 5.42. The topological polar surface area (TPSA) is 161 Å². The van der Waals surface area contributed by atoms with Gasteiger partial charge in [-0.05, 0) is 36.1 Å². The molecular weight excluding hydrogens is 541 g/mol. The van der Waals surface area contributed by atoms with Crippen LogP contribution < -0.4 is 34.9 Å². The van der Waals surface area contributed by atoms with E-state index in [1.54, 1.807) is 0 Å². The van der Waals surface area contributed by atoms with Crippen molar-refractivity contribution < 1.29 is 65.4 Å². The van der Waals surface area contributed by atoms with E-state index in [1.165, 1.54) is 57.8 Å². The Labute approximate surface area is 248 Å². The van der Waals surface area contributed by atoms with Crippen molar-refractivity contribution in [2.45, 2.75) is 107 Å². The molecule has 0 aliphatic carbocycles. The maximum atomic E-state index is 12.5. The minimum Gasteiger partial charge on any atom is -0.744 e. The third-order valence-electron chi connectivity index (χ3n) is 6.34. The maximum absolute atomic E-state index is 12.5. The van der Waals surface area contributed by atoms with Gasteiger partial charge in [0.15, 0.2) is 0 Å². The average Bonchev–Trinajstić information content (AvgIpc) is 2.80. The number of carbonyl (C=O) groups excluding carboxylic acids is 1. The number of rotatable bonds is 17. The number of unbranched alkanes of at least 4 members (excludes halogenated alkanes) is 12. The second kappa shape index (κ2) is 16.8. The van der Waals surface area contributed by atoms with Crippen LogP contribution in [0, 0.1) is 0 Å². The molecule has 0 saturated carbocycles. The number of hydrogen-bond acceptors (Lipinski definition) is 7. The summed E-state index contributed by atoms with van der Waals surface area (Å²) in [5.74, 6) is -1.04. The molecule has 0 unspecified atom stereocenters. The molecule has 3 N–H and O–H groups in total. The van der Waals surface area contributed by atoms with E-state index in [0.29, 0.717) is 6.42 Å². The molecule has 9 nitrogen and oxygen atoms in total. The van der Waals surface area contributed by atoms with Gasteiger partial charge in [0.05, 0.1) is 15.5 Å². The molecule has 208 valence electrons. The van der Waals surface area contributed by atoms with Gasteiger partial charge in [0.2, 0.25) is 5.91 Å². The van der Waals surface area contributed by atoms with Gasteiger partial charge in [-0.2, -0.15) is 8.42 Å². The number of nitrogens with one attached hydrogen (secondary N) is 1. The molecular formula is C26H38NNaO8S2. The Balaban J connectivity index is 0.00000722. The molecule has 0 saturated heterocycles. The van der Waals surface area contributed by atoms with E-state index in [2.05, 4.69) is 12.2 Å². The van der Waals surface area contributed by atoms with Gasteiger partial charge >= 0.3 is 29.6 Å². The van der Waals surface area contributed by atoms with Gasteiger partial charge in [-0.1, -0.05) is 84.0 Å². The van der Waals surface area contributed by atoms with Gasteiger partial charge in [-0.25, -0.2) is 8.42 Å². The van der Waals surface area contributed by atoms with Gasteiger partial charge in [-0.15, -0.1) is 0 Å². The molecule has 2 rings (SSSR count). The molecule has 0 spiro atoms. The summed E-state index contributed by atoms with van der Waals surface area (Å²) >= 11 is 0. The van der Waals surface area contributed by atoms with Crippen LogP contribution in [0.15, 0.2) is 34.1 Å². The fourth-order valence-electron chi connectivity index (χ4n) is 4.35. The van der Waals surface area contributed by atoms with Crippen molar-refractivity contribution >= 4 is 42.6 Å². The number of fused-ring (bicyclic) bond motifs is 1. The monoisotopic (exact) mass is 579 g/mol. The zero-order valence-corrected chi connectivity index (χ0v) is 26.0. The Bertz CT molecular complexity index is 1260. The molecule has 0 heterocycles. The Morgan fingerprint density at radius 2 is 1.26 bits per heavy atom. The van der Waals surface area contributed by atoms with E-state index in [9.17, 15) is 35.8 Å². The summed E-state index contributed by atoms with van der Waals surface area (Å²) in [4.78, 5) is 11.1. The van der Waals surface area contributed by atoms with Crippen LogP contribution in [0.3, 0.4) is 0 Å². The van der Waals surface area contributed by atoms with E-state index in [-0.39, 0.29) is 52.4 Å². The normalized spacial score (nSPS) is 11.9. The predicted octanol–water partition coefficient (Wildman–Crippen LogP) is 3.12. The molecule has 0 aliphatic heterocycles. The summed E-state index contributed by atoms with van der Waals surface area (Å²) in [5.41, 5.74) is -0.114. The first-order valence-corrected chi connectivity index (χ1v) is 15.8. The number of anilines is 1. The molecule has 0 bridgehead atoms. The minimum atomic E-state index is -4.94. The van der Waals surface area contributed by atoms with Crippen LogP contribution in [-0.4, -0.2) is 37.0 Å². The minimum absolute atomic E-state index is 0. The van der Waals surface area contributed by atoms with Crippen LogP contribution >= 0.6 is 0 Å². The van der Waals surface area contributed by atoms with Gasteiger partial charge in [0.25, 0.3) is 10.1 Å². The summed E-state index contributed by atoms with van der Waals surface area (Å²) in [6.45, 7) is 2.22. The van der Waals surface area contributed by atoms with Crippen LogP contribution in [0.4, 0.5) is 5.69 Å². The van der Waals surface area contributed by atoms with Crippen LogP contribution in [0.1, 0.15) is 96.8 Å². The molecule has 0 aliphatic rings. The Hall–Kier alpha value is -1.21. The van der Waals surface area contributed by atoms with E-state index < -0.39 is 41.7 Å². The van der Waals surface area contributed by atoms with Crippen molar-refractivity contribution in [2.75, 3.05) is 5.32 Å². The zero-order valence-electron chi connectivity index (χ0n) is 22.4. The van der Waals surface area contributed by atoms with Crippen molar-refractivity contribution in [1.29, 1.82) is 0 Å². The van der Waals surface area contributed by atoms with Crippen molar-refractivity contribution in [3.8, 4) is 5.75 Å². The Morgan fingerprint density at radius 1 is 0.789 bits per heavy atom. The van der Waals surface area contributed by atoms with E-state index in [4.69, 9.17) is 0 Å². The first-order chi connectivity index (χ1) is 17.4. The van der Waals surface area contributed by atoms with Crippen molar-refractivity contribution in [1.82, 2.24) is 0 Å². The molecule has 0 radical (unpaired) electrons. The first-order valence-electron chi connectivity index (χ1n) is 13.0. The largest absolute Gasteiger partial charge is 1.00 e. The molecule has 2 aromatic carbocycles. The standard InChI is InChI=1S/C26H39NO8S2.Na/c1-2-3-4-5-6-7-8-9-10-11-12-13-14-15-25(29)27-23-18-21(36(30,31)32)16-20-17-22(37(33,34)35)19-24(28)26(20)23;/h16-19,28H,2-15H2,1H3,(H,27,29)(H,30,31,32)(H,33,34,35);/q;+1/p-1. The number of hydrogen-bond donors (Lipinski definition) is 3. The average molecular weight is 580 g/mol. The summed E-state index contributed by atoms with van der Waals surface area (Å²) in [6.07, 6.45) is 15.3. The zero-order chi connectivity index (χ0) is 27.5. The first kappa shape index (κ1) is 34.8. The quantitative estimate of drug-likeness (QED) is 0.146. The second-order valence-electron chi connectivity index (χ2n) is 9.48. The number of aromatic hydroxyl groups is 1. The molecule has 0 fully saturated rings. The van der Waals surface area contributed by atoms with Crippen molar-refractivity contribution in [3.63, 3.8) is 0 Å². The molecule has 0 atom stereocenters. The SMILES string of the molecule is CCCCCCCCCCCCCCCC(=O)Nc1cc(S(=O)(=O)O)cc2cc(S(=O)(=O)[O-])cc(O)c12.[Na+]. The Morgan fingerprint density at radius 3 is 1.74 bits per heavy atom. The molecule has 0 aromatic heterocycles. The Kier molecular flexibility index (Phi) is 15.4. The summed E-state index contributed by atoms with van der Waals surface area (Å²) in [7, 11) is -9.66. The molecule has 2 aromatic rings. The number of phenolic OH excluding ortho intramolecular Hbond substituents is 1. The third kappa shape index (κ3) is 11.9. The fraction of sp³-hybridized carbons (Fsp3) is 0.577. The number of amides is 1. The smallest absolute Gasteiger partial charge is 0.744 e. The number of carbonyl (C=O) groups is 1. The van der Waals surface area contributed by atoms with Crippen LogP contribution in [0.5, 0.6) is 5.75 Å². The van der Waals surface area contributed by atoms with Crippen molar-refractivity contribution in [3.05, 3.63) is 24.3 Å². The molecule has 12 heteroatoms. The maximum Gasteiger partial charge on any atom is 1.00 e. The van der Waals surface area contributed by atoms with Gasteiger partial charge in [0, 0.05) is 11.8 Å². The van der Waals surface area contributed by atoms with Crippen LogP contribution in [0.2, 0.25) is 0 Å². The summed E-state index contributed by atoms with van der Waals surface area (Å²) in [6, 6.07) is 3.51. The van der Waals surface area contributed by atoms with Crippen LogP contribution in [0.25, 0.3) is 10.8 Å². The van der Waals surface area contributed by atoms with E-state index in [0.717, 1.165) is 43.5 Å². The number of benzene rings is 2. The third-order valence-corrected chi connectivity index (χ3v) is 7.99. The molecule has 38 heavy (non-hydrogen) atoms. The van der Waals surface area contributed by atoms with Crippen LogP contribution in [-0.2, 0) is 25.0 Å². The van der Waals surface area contributed by atoms with Gasteiger partial charge in [0.1, 0.15) is 15.9 Å². The summed E-state index contributed by atoms with van der Waals surface area (Å²) < 4.78 is 67.0. The molecule has 1 amide bonds. The van der Waals surface area contributed by atoms with Gasteiger partial charge in [-0.3, -0.25) is 9.35 Å². The van der Waals surface area contributed by atoms with E-state index in [1.807, 2.05) is 0 Å². The summed E-state index contributed by atoms with van der Waals surface area (Å²) in [5, 5.41) is 12.7. The van der Waals surface area contributed by atoms with Gasteiger partial charge < -0.3 is 15.0 Å². The second-order valence-corrected chi connectivity index (χ2v) is 12.3. The van der Waals surface area contributed by atoms with Crippen molar-refractivity contribution in [2.24, 2.45) is 0 Å². The number of phenols is 1. The predicted molar refractivity (Wildman–Crippen MR) is 142 cm³/mol.